The lowest BCUT2D eigenvalue weighted by Crippen LogP contribution is -2.26. The van der Waals surface area contributed by atoms with Crippen molar-refractivity contribution in [1.29, 1.82) is 0 Å². The number of nitrogens with zero attached hydrogens (tertiary/aromatic N) is 2. The highest BCUT2D eigenvalue weighted by atomic mass is 32.2. The van der Waals surface area contributed by atoms with Crippen LogP contribution < -0.4 is 10.6 Å². The first kappa shape index (κ1) is 20.0. The van der Waals surface area contributed by atoms with Crippen LogP contribution in [0.1, 0.15) is 22.8 Å². The van der Waals surface area contributed by atoms with Crippen molar-refractivity contribution in [2.45, 2.75) is 23.2 Å². The molecule has 2 aromatic carbocycles. The Bertz CT molecular complexity index is 1130. The number of alkyl halides is 3. The van der Waals surface area contributed by atoms with Crippen molar-refractivity contribution in [2.24, 2.45) is 0 Å². The topological polar surface area (TPSA) is 76.0 Å². The lowest BCUT2D eigenvalue weighted by Gasteiger charge is -2.22. The molecule has 0 radical (unpaired) electrons. The van der Waals surface area contributed by atoms with Crippen molar-refractivity contribution in [1.82, 2.24) is 9.78 Å². The summed E-state index contributed by atoms with van der Waals surface area (Å²) in [6.07, 6.45) is -1.52. The summed E-state index contributed by atoms with van der Waals surface area (Å²) in [5.74, 6) is -0.785. The number of anilines is 2. The molecule has 0 aliphatic carbocycles. The Balaban J connectivity index is 1.67. The summed E-state index contributed by atoms with van der Waals surface area (Å²) in [6, 6.07) is 9.43. The molecular weight excluding hydrogens is 417 g/mol. The molecule has 2 heterocycles. The van der Waals surface area contributed by atoms with E-state index < -0.39 is 17.6 Å². The molecule has 1 aliphatic rings. The molecule has 1 unspecified atom stereocenters. The van der Waals surface area contributed by atoms with Crippen molar-refractivity contribution < 1.29 is 22.8 Å². The van der Waals surface area contributed by atoms with Gasteiger partial charge < -0.3 is 10.6 Å². The normalized spacial score (nSPS) is 16.0. The van der Waals surface area contributed by atoms with Gasteiger partial charge in [0.05, 0.1) is 27.9 Å². The number of aromatic nitrogens is 2. The van der Waals surface area contributed by atoms with Crippen LogP contribution in [0.5, 0.6) is 0 Å². The van der Waals surface area contributed by atoms with E-state index in [4.69, 9.17) is 0 Å². The maximum absolute atomic E-state index is 13.2. The molecule has 4 rings (SSSR count). The van der Waals surface area contributed by atoms with Crippen LogP contribution in [0.4, 0.5) is 24.5 Å². The molecular formula is C20H15F3N4O2S. The highest BCUT2D eigenvalue weighted by molar-refractivity contribution is 8.00. The number of benzene rings is 2. The Kier molecular flexibility index (Phi) is 5.02. The molecule has 1 aromatic heterocycles. The summed E-state index contributed by atoms with van der Waals surface area (Å²) in [6.45, 7) is 1.77. The standard InChI is InChI=1S/C20H15F3N4O2S/c1-11-18(28)26-15-9-12(3-6-17(15)30-11)19(29)25-14-10-13(20(21,22)23)4-5-16(14)27-8-2-7-24-27/h2-11H,1H3,(H,25,29)(H,26,28). The van der Waals surface area contributed by atoms with Gasteiger partial charge in [0.1, 0.15) is 0 Å². The second-order valence-corrected chi connectivity index (χ2v) is 7.98. The number of thioether (sulfide) groups is 1. The molecule has 0 spiro atoms. The van der Waals surface area contributed by atoms with Gasteiger partial charge in [-0.2, -0.15) is 18.3 Å². The van der Waals surface area contributed by atoms with Gasteiger partial charge in [0, 0.05) is 22.9 Å². The van der Waals surface area contributed by atoms with Crippen molar-refractivity contribution >= 4 is 35.0 Å². The van der Waals surface area contributed by atoms with Crippen LogP contribution in [-0.2, 0) is 11.0 Å². The van der Waals surface area contributed by atoms with Gasteiger partial charge in [-0.15, -0.1) is 11.8 Å². The van der Waals surface area contributed by atoms with E-state index >= 15 is 0 Å². The zero-order valence-corrected chi connectivity index (χ0v) is 16.3. The van der Waals surface area contributed by atoms with Crippen molar-refractivity contribution in [3.8, 4) is 5.69 Å². The van der Waals surface area contributed by atoms with Gasteiger partial charge in [0.2, 0.25) is 5.91 Å². The van der Waals surface area contributed by atoms with Gasteiger partial charge in [-0.05, 0) is 49.4 Å². The van der Waals surface area contributed by atoms with Crippen LogP contribution in [0.2, 0.25) is 0 Å². The summed E-state index contributed by atoms with van der Waals surface area (Å²) in [5, 5.41) is 9.04. The van der Waals surface area contributed by atoms with E-state index in [1.54, 1.807) is 31.3 Å². The minimum atomic E-state index is -4.56. The number of fused-ring (bicyclic) bond motifs is 1. The Morgan fingerprint density at radius 3 is 2.73 bits per heavy atom. The predicted molar refractivity (Wildman–Crippen MR) is 107 cm³/mol. The summed E-state index contributed by atoms with van der Waals surface area (Å²) in [5.41, 5.74) is 0.0530. The van der Waals surface area contributed by atoms with Crippen LogP contribution in [0.15, 0.2) is 59.8 Å². The average molecular weight is 432 g/mol. The van der Waals surface area contributed by atoms with Crippen LogP contribution in [-0.4, -0.2) is 26.8 Å². The fraction of sp³-hybridized carbons (Fsp3) is 0.150. The van der Waals surface area contributed by atoms with Crippen LogP contribution in [0.3, 0.4) is 0 Å². The number of amides is 2. The van der Waals surface area contributed by atoms with E-state index in [1.165, 1.54) is 34.8 Å². The van der Waals surface area contributed by atoms with Gasteiger partial charge >= 0.3 is 6.18 Å². The van der Waals surface area contributed by atoms with Crippen LogP contribution >= 0.6 is 11.8 Å². The van der Waals surface area contributed by atoms with E-state index in [9.17, 15) is 22.8 Å². The second-order valence-electron chi connectivity index (χ2n) is 6.59. The molecule has 3 aromatic rings. The fourth-order valence-electron chi connectivity index (χ4n) is 2.97. The molecule has 2 N–H and O–H groups in total. The van der Waals surface area contributed by atoms with Crippen LogP contribution in [0, 0.1) is 0 Å². The Morgan fingerprint density at radius 1 is 1.23 bits per heavy atom. The number of rotatable bonds is 3. The van der Waals surface area contributed by atoms with Crippen molar-refractivity contribution in [3.05, 3.63) is 66.0 Å². The zero-order valence-electron chi connectivity index (χ0n) is 15.5. The monoisotopic (exact) mass is 432 g/mol. The average Bonchev–Trinajstić information content (AvgIpc) is 3.22. The van der Waals surface area contributed by atoms with E-state index in [-0.39, 0.29) is 28.1 Å². The third-order valence-electron chi connectivity index (χ3n) is 4.50. The quantitative estimate of drug-likeness (QED) is 0.636. The summed E-state index contributed by atoms with van der Waals surface area (Å²) in [7, 11) is 0. The number of nitrogens with one attached hydrogen (secondary N) is 2. The molecule has 10 heteroatoms. The fourth-order valence-corrected chi connectivity index (χ4v) is 3.90. The van der Waals surface area contributed by atoms with Crippen LogP contribution in [0.25, 0.3) is 5.69 Å². The van der Waals surface area contributed by atoms with E-state index in [0.717, 1.165) is 17.0 Å². The van der Waals surface area contributed by atoms with Gasteiger partial charge in [-0.25, -0.2) is 4.68 Å². The summed E-state index contributed by atoms with van der Waals surface area (Å²) in [4.78, 5) is 25.5. The summed E-state index contributed by atoms with van der Waals surface area (Å²) < 4.78 is 40.9. The van der Waals surface area contributed by atoms with E-state index in [0.29, 0.717) is 5.69 Å². The van der Waals surface area contributed by atoms with Gasteiger partial charge in [0.15, 0.2) is 0 Å². The maximum Gasteiger partial charge on any atom is 0.416 e. The van der Waals surface area contributed by atoms with E-state index in [1.807, 2.05) is 0 Å². The Labute approximate surface area is 173 Å². The molecule has 30 heavy (non-hydrogen) atoms. The highest BCUT2D eigenvalue weighted by Crippen LogP contribution is 2.37. The molecule has 0 saturated carbocycles. The molecule has 0 saturated heterocycles. The molecule has 1 atom stereocenters. The van der Waals surface area contributed by atoms with Gasteiger partial charge in [0.25, 0.3) is 5.91 Å². The largest absolute Gasteiger partial charge is 0.416 e. The van der Waals surface area contributed by atoms with Crippen molar-refractivity contribution in [2.75, 3.05) is 10.6 Å². The number of hydrogen-bond donors (Lipinski definition) is 2. The number of hydrogen-bond acceptors (Lipinski definition) is 4. The van der Waals surface area contributed by atoms with Gasteiger partial charge in [-0.3, -0.25) is 9.59 Å². The third kappa shape index (κ3) is 3.90. The summed E-state index contributed by atoms with van der Waals surface area (Å²) >= 11 is 1.37. The smallest absolute Gasteiger partial charge is 0.324 e. The second kappa shape index (κ2) is 7.52. The lowest BCUT2D eigenvalue weighted by molar-refractivity contribution is -0.137. The molecule has 0 fully saturated rings. The Hall–Kier alpha value is -3.27. The molecule has 6 nitrogen and oxygen atoms in total. The lowest BCUT2D eigenvalue weighted by atomic mass is 10.1. The number of halogens is 3. The SMILES string of the molecule is CC1Sc2ccc(C(=O)Nc3cc(C(F)(F)F)ccc3-n3cccn3)cc2NC1=O. The zero-order chi connectivity index (χ0) is 21.5. The molecule has 154 valence electrons. The molecule has 2 amide bonds. The minimum Gasteiger partial charge on any atom is -0.324 e. The molecule has 0 bridgehead atoms. The van der Waals surface area contributed by atoms with Gasteiger partial charge in [-0.1, -0.05) is 0 Å². The van der Waals surface area contributed by atoms with Crippen molar-refractivity contribution in [3.63, 3.8) is 0 Å². The predicted octanol–water partition coefficient (Wildman–Crippen LogP) is 4.58. The highest BCUT2D eigenvalue weighted by Gasteiger charge is 2.31. The maximum atomic E-state index is 13.2. The van der Waals surface area contributed by atoms with E-state index in [2.05, 4.69) is 15.7 Å². The number of carbonyl (C=O) groups is 2. The Morgan fingerprint density at radius 2 is 2.03 bits per heavy atom. The minimum absolute atomic E-state index is 0.0386. The first-order chi connectivity index (χ1) is 14.2. The first-order valence-electron chi connectivity index (χ1n) is 8.86. The third-order valence-corrected chi connectivity index (χ3v) is 5.67. The molecule has 1 aliphatic heterocycles. The first-order valence-corrected chi connectivity index (χ1v) is 9.74. The number of carbonyl (C=O) groups excluding carboxylic acids is 2.